The van der Waals surface area contributed by atoms with Gasteiger partial charge in [0.15, 0.2) is 0 Å². The topological polar surface area (TPSA) is 32.3 Å². The average molecular weight is 237 g/mol. The number of halogens is 1. The highest BCUT2D eigenvalue weighted by molar-refractivity contribution is 5.24. The van der Waals surface area contributed by atoms with Gasteiger partial charge >= 0.3 is 0 Å². The Kier molecular flexibility index (Phi) is 4.13. The Balaban J connectivity index is 1.85. The first kappa shape index (κ1) is 12.5. The Morgan fingerprint density at radius 3 is 2.71 bits per heavy atom. The fraction of sp³-hybridized carbons (Fsp3) is 0.571. The molecule has 1 saturated carbocycles. The van der Waals surface area contributed by atoms with Crippen molar-refractivity contribution in [2.24, 2.45) is 0 Å². The first-order valence-electron chi connectivity index (χ1n) is 6.36. The molecule has 0 bridgehead atoms. The summed E-state index contributed by atoms with van der Waals surface area (Å²) in [6, 6.07) is 7.63. The maximum absolute atomic E-state index is 13.5. The van der Waals surface area contributed by atoms with Crippen LogP contribution in [0.4, 0.5) is 4.39 Å². The molecule has 0 aromatic heterocycles. The predicted molar refractivity (Wildman–Crippen MR) is 66.5 cm³/mol. The van der Waals surface area contributed by atoms with Gasteiger partial charge in [0, 0.05) is 12.1 Å². The maximum Gasteiger partial charge on any atom is 0.126 e. The van der Waals surface area contributed by atoms with Crippen LogP contribution in [0.1, 0.15) is 37.7 Å². The SMILES string of the molecule is CC[C@H](CO)NC1CC(c2ccccc2F)C1. The number of hydrogen-bond donors (Lipinski definition) is 2. The summed E-state index contributed by atoms with van der Waals surface area (Å²) in [7, 11) is 0. The molecule has 0 saturated heterocycles. The molecule has 2 N–H and O–H groups in total. The van der Waals surface area contributed by atoms with Gasteiger partial charge in [-0.3, -0.25) is 0 Å². The smallest absolute Gasteiger partial charge is 0.126 e. The van der Waals surface area contributed by atoms with E-state index in [1.54, 1.807) is 6.07 Å². The second-order valence-electron chi connectivity index (χ2n) is 4.84. The molecule has 3 heteroatoms. The molecule has 0 radical (unpaired) electrons. The third kappa shape index (κ3) is 2.85. The molecular weight excluding hydrogens is 217 g/mol. The molecule has 0 heterocycles. The number of aliphatic hydroxyl groups excluding tert-OH is 1. The quantitative estimate of drug-likeness (QED) is 0.824. The van der Waals surface area contributed by atoms with Crippen LogP contribution >= 0.6 is 0 Å². The highest BCUT2D eigenvalue weighted by atomic mass is 19.1. The molecule has 1 aliphatic carbocycles. The van der Waals surface area contributed by atoms with Gasteiger partial charge in [0.1, 0.15) is 5.82 Å². The molecule has 94 valence electrons. The highest BCUT2D eigenvalue weighted by Crippen LogP contribution is 2.38. The lowest BCUT2D eigenvalue weighted by atomic mass is 9.75. The van der Waals surface area contributed by atoms with Crippen LogP contribution in [-0.4, -0.2) is 23.8 Å². The number of rotatable bonds is 5. The first-order chi connectivity index (χ1) is 8.24. The minimum Gasteiger partial charge on any atom is -0.395 e. The predicted octanol–water partition coefficient (Wildman–Crippen LogP) is 2.43. The number of hydrogen-bond acceptors (Lipinski definition) is 2. The van der Waals surface area contributed by atoms with Gasteiger partial charge in [-0.2, -0.15) is 0 Å². The molecule has 17 heavy (non-hydrogen) atoms. The molecule has 0 aliphatic heterocycles. The molecule has 2 rings (SSSR count). The van der Waals surface area contributed by atoms with Crippen molar-refractivity contribution in [1.82, 2.24) is 5.32 Å². The number of aliphatic hydroxyl groups is 1. The van der Waals surface area contributed by atoms with Crippen LogP contribution in [0.5, 0.6) is 0 Å². The van der Waals surface area contributed by atoms with Gasteiger partial charge in [0.2, 0.25) is 0 Å². The monoisotopic (exact) mass is 237 g/mol. The van der Waals surface area contributed by atoms with Crippen molar-refractivity contribution >= 4 is 0 Å². The van der Waals surface area contributed by atoms with E-state index in [0.29, 0.717) is 12.0 Å². The van der Waals surface area contributed by atoms with Gasteiger partial charge in [0.25, 0.3) is 0 Å². The molecule has 0 amide bonds. The summed E-state index contributed by atoms with van der Waals surface area (Å²) in [5, 5.41) is 12.5. The van der Waals surface area contributed by atoms with Crippen LogP contribution in [0.2, 0.25) is 0 Å². The third-order valence-electron chi connectivity index (χ3n) is 3.67. The van der Waals surface area contributed by atoms with Crippen LogP contribution in [-0.2, 0) is 0 Å². The summed E-state index contributed by atoms with van der Waals surface area (Å²) >= 11 is 0. The van der Waals surface area contributed by atoms with Gasteiger partial charge in [-0.25, -0.2) is 4.39 Å². The summed E-state index contributed by atoms with van der Waals surface area (Å²) < 4.78 is 13.5. The standard InChI is InChI=1S/C14H20FNO/c1-2-11(9-17)16-12-7-10(8-12)13-5-3-4-6-14(13)15/h3-6,10-12,16-17H,2,7-9H2,1H3/t10?,11-,12?/m1/s1. The van der Waals surface area contributed by atoms with E-state index in [9.17, 15) is 4.39 Å². The first-order valence-corrected chi connectivity index (χ1v) is 6.36. The van der Waals surface area contributed by atoms with E-state index in [1.165, 1.54) is 6.07 Å². The maximum atomic E-state index is 13.5. The van der Waals surface area contributed by atoms with Crippen LogP contribution < -0.4 is 5.32 Å². The van der Waals surface area contributed by atoms with E-state index in [-0.39, 0.29) is 18.5 Å². The van der Waals surface area contributed by atoms with E-state index < -0.39 is 0 Å². The normalized spacial score (nSPS) is 25.4. The molecule has 1 aromatic carbocycles. The van der Waals surface area contributed by atoms with E-state index in [1.807, 2.05) is 12.1 Å². The van der Waals surface area contributed by atoms with Crippen LogP contribution in [0.25, 0.3) is 0 Å². The van der Waals surface area contributed by atoms with Gasteiger partial charge in [-0.15, -0.1) is 0 Å². The molecule has 0 spiro atoms. The molecule has 1 aliphatic rings. The molecule has 2 nitrogen and oxygen atoms in total. The van der Waals surface area contributed by atoms with Crippen molar-refractivity contribution in [2.75, 3.05) is 6.61 Å². The van der Waals surface area contributed by atoms with Gasteiger partial charge in [-0.05, 0) is 36.8 Å². The van der Waals surface area contributed by atoms with E-state index >= 15 is 0 Å². The van der Waals surface area contributed by atoms with Crippen LogP contribution in [0.15, 0.2) is 24.3 Å². The Bertz CT molecular complexity index is 359. The molecular formula is C14H20FNO. The zero-order valence-electron chi connectivity index (χ0n) is 10.2. The minimum absolute atomic E-state index is 0.0925. The summed E-state index contributed by atoms with van der Waals surface area (Å²) in [6.45, 7) is 2.23. The van der Waals surface area contributed by atoms with E-state index in [2.05, 4.69) is 12.2 Å². The van der Waals surface area contributed by atoms with E-state index in [4.69, 9.17) is 5.11 Å². The van der Waals surface area contributed by atoms with Crippen molar-refractivity contribution in [3.8, 4) is 0 Å². The van der Waals surface area contributed by atoms with Gasteiger partial charge < -0.3 is 10.4 Å². The van der Waals surface area contributed by atoms with Crippen molar-refractivity contribution in [3.05, 3.63) is 35.6 Å². The average Bonchev–Trinajstić information content (AvgIpc) is 2.30. The Morgan fingerprint density at radius 2 is 2.12 bits per heavy atom. The Labute approximate surface area is 102 Å². The summed E-state index contributed by atoms with van der Waals surface area (Å²) in [4.78, 5) is 0. The fourth-order valence-electron chi connectivity index (χ4n) is 2.45. The third-order valence-corrected chi connectivity index (χ3v) is 3.67. The van der Waals surface area contributed by atoms with Crippen molar-refractivity contribution in [2.45, 2.75) is 44.2 Å². The van der Waals surface area contributed by atoms with E-state index in [0.717, 1.165) is 24.8 Å². The molecule has 0 unspecified atom stereocenters. The summed E-state index contributed by atoms with van der Waals surface area (Å²) in [6.07, 6.45) is 2.87. The Morgan fingerprint density at radius 1 is 1.41 bits per heavy atom. The summed E-state index contributed by atoms with van der Waals surface area (Å²) in [5.41, 5.74) is 0.836. The second-order valence-corrected chi connectivity index (χ2v) is 4.84. The van der Waals surface area contributed by atoms with Gasteiger partial charge in [0.05, 0.1) is 6.61 Å². The number of nitrogens with one attached hydrogen (secondary N) is 1. The van der Waals surface area contributed by atoms with Crippen LogP contribution in [0, 0.1) is 5.82 Å². The lowest BCUT2D eigenvalue weighted by molar-refractivity contribution is 0.192. The Hall–Kier alpha value is -0.930. The van der Waals surface area contributed by atoms with Crippen LogP contribution in [0.3, 0.4) is 0 Å². The van der Waals surface area contributed by atoms with Crippen molar-refractivity contribution < 1.29 is 9.50 Å². The number of benzene rings is 1. The lowest BCUT2D eigenvalue weighted by Gasteiger charge is -2.38. The fourth-order valence-corrected chi connectivity index (χ4v) is 2.45. The highest BCUT2D eigenvalue weighted by Gasteiger charge is 2.32. The molecule has 1 aromatic rings. The van der Waals surface area contributed by atoms with Gasteiger partial charge in [-0.1, -0.05) is 25.1 Å². The van der Waals surface area contributed by atoms with Crippen molar-refractivity contribution in [1.29, 1.82) is 0 Å². The zero-order chi connectivity index (χ0) is 12.3. The lowest BCUT2D eigenvalue weighted by Crippen LogP contribution is -2.46. The van der Waals surface area contributed by atoms with Crippen molar-refractivity contribution in [3.63, 3.8) is 0 Å². The zero-order valence-corrected chi connectivity index (χ0v) is 10.2. The minimum atomic E-state index is -0.0925. The summed E-state index contributed by atoms with van der Waals surface area (Å²) in [5.74, 6) is 0.245. The second kappa shape index (κ2) is 5.61. The largest absolute Gasteiger partial charge is 0.395 e. The molecule has 1 fully saturated rings. The molecule has 1 atom stereocenters.